The Hall–Kier alpha value is -3.27. The van der Waals surface area contributed by atoms with E-state index in [2.05, 4.69) is 5.32 Å². The van der Waals surface area contributed by atoms with E-state index in [1.807, 2.05) is 20.8 Å². The number of amides is 2. The molecule has 1 unspecified atom stereocenters. The van der Waals surface area contributed by atoms with E-state index < -0.39 is 28.5 Å². The molecule has 0 heterocycles. The molecule has 0 aliphatic heterocycles. The average Bonchev–Trinajstić information content (AvgIpc) is 2.97. The van der Waals surface area contributed by atoms with Crippen LogP contribution in [0.1, 0.15) is 45.6 Å². The Morgan fingerprint density at radius 2 is 1.60 bits per heavy atom. The van der Waals surface area contributed by atoms with Crippen LogP contribution in [0.4, 0.5) is 5.69 Å². The van der Waals surface area contributed by atoms with E-state index in [1.54, 1.807) is 48.5 Å². The minimum atomic E-state index is -4.22. The summed E-state index contributed by atoms with van der Waals surface area (Å²) in [5.41, 5.74) is 0.903. The molecular formula is C31H37Cl2N3O5S. The fourth-order valence-corrected chi connectivity index (χ4v) is 6.11. The van der Waals surface area contributed by atoms with Crippen molar-refractivity contribution in [1.29, 1.82) is 0 Å². The van der Waals surface area contributed by atoms with Crippen molar-refractivity contribution in [3.05, 3.63) is 88.4 Å². The number of hydrogen-bond donors (Lipinski definition) is 1. The van der Waals surface area contributed by atoms with Crippen molar-refractivity contribution >= 4 is 50.7 Å². The fourth-order valence-electron chi connectivity index (χ4n) is 4.37. The van der Waals surface area contributed by atoms with Crippen LogP contribution < -0.4 is 14.4 Å². The second-order valence-electron chi connectivity index (χ2n) is 9.57. The van der Waals surface area contributed by atoms with Crippen LogP contribution in [0.5, 0.6) is 5.75 Å². The Morgan fingerprint density at radius 1 is 0.929 bits per heavy atom. The fraction of sp³-hybridized carbons (Fsp3) is 0.355. The molecule has 0 radical (unpaired) electrons. The Morgan fingerprint density at radius 3 is 2.19 bits per heavy atom. The number of benzene rings is 3. The molecule has 1 N–H and O–H groups in total. The third-order valence-electron chi connectivity index (χ3n) is 6.63. The van der Waals surface area contributed by atoms with Gasteiger partial charge in [0.05, 0.1) is 17.2 Å². The van der Waals surface area contributed by atoms with Gasteiger partial charge in [0.15, 0.2) is 0 Å². The summed E-state index contributed by atoms with van der Waals surface area (Å²) in [6.45, 7) is 6.07. The van der Waals surface area contributed by atoms with Gasteiger partial charge in [0, 0.05) is 23.1 Å². The molecular weight excluding hydrogens is 597 g/mol. The molecule has 0 spiro atoms. The minimum Gasteiger partial charge on any atom is -0.494 e. The van der Waals surface area contributed by atoms with E-state index in [4.69, 9.17) is 27.9 Å². The molecule has 226 valence electrons. The summed E-state index contributed by atoms with van der Waals surface area (Å²) in [6.07, 6.45) is 2.02. The molecule has 0 aliphatic rings. The van der Waals surface area contributed by atoms with Crippen molar-refractivity contribution in [2.75, 3.05) is 24.0 Å². The van der Waals surface area contributed by atoms with Crippen LogP contribution in [0.15, 0.2) is 77.7 Å². The quantitative estimate of drug-likeness (QED) is 0.198. The maximum atomic E-state index is 14.1. The zero-order valence-electron chi connectivity index (χ0n) is 24.1. The van der Waals surface area contributed by atoms with Gasteiger partial charge in [-0.1, -0.05) is 61.7 Å². The topological polar surface area (TPSA) is 96.0 Å². The number of carbonyl (C=O) groups excluding carboxylic acids is 2. The highest BCUT2D eigenvalue weighted by molar-refractivity contribution is 7.92. The van der Waals surface area contributed by atoms with Crippen molar-refractivity contribution in [3.8, 4) is 5.75 Å². The summed E-state index contributed by atoms with van der Waals surface area (Å²) in [6, 6.07) is 18.4. The van der Waals surface area contributed by atoms with Gasteiger partial charge in [-0.15, -0.1) is 0 Å². The van der Waals surface area contributed by atoms with E-state index in [1.165, 1.54) is 29.2 Å². The second kappa shape index (κ2) is 15.8. The molecule has 42 heavy (non-hydrogen) atoms. The highest BCUT2D eigenvalue weighted by Crippen LogP contribution is 2.28. The third-order valence-corrected chi connectivity index (χ3v) is 9.04. The summed E-state index contributed by atoms with van der Waals surface area (Å²) in [5, 5.41) is 3.73. The maximum absolute atomic E-state index is 14.1. The van der Waals surface area contributed by atoms with Crippen molar-refractivity contribution < 1.29 is 22.7 Å². The van der Waals surface area contributed by atoms with E-state index >= 15 is 0 Å². The lowest BCUT2D eigenvalue weighted by Gasteiger charge is -2.33. The van der Waals surface area contributed by atoms with E-state index in [-0.39, 0.29) is 23.0 Å². The Balaban J connectivity index is 2.05. The number of halogens is 2. The number of unbranched alkanes of at least 4 members (excludes halogenated alkanes) is 1. The standard InChI is InChI=1S/C31H37Cl2N3O5S/c1-4-7-20-34-31(38)29(5-2)35(21-23-10-8-9-11-28(23)33)30(37)22-36(25-14-16-26(17-15-25)41-6-3)42(39,40)27-18-12-24(32)13-19-27/h8-19,29H,4-7,20-22H2,1-3H3,(H,34,38). The number of hydrogen-bond acceptors (Lipinski definition) is 5. The molecule has 0 saturated carbocycles. The average molecular weight is 635 g/mol. The van der Waals surface area contributed by atoms with Crippen LogP contribution >= 0.6 is 23.2 Å². The normalized spacial score (nSPS) is 11.9. The lowest BCUT2D eigenvalue weighted by molar-refractivity contribution is -0.140. The SMILES string of the molecule is CCCCNC(=O)C(CC)N(Cc1ccccc1Cl)C(=O)CN(c1ccc(OCC)cc1)S(=O)(=O)c1ccc(Cl)cc1. The first-order valence-corrected chi connectivity index (χ1v) is 16.1. The number of ether oxygens (including phenoxy) is 1. The van der Waals surface area contributed by atoms with Gasteiger partial charge in [-0.25, -0.2) is 8.42 Å². The van der Waals surface area contributed by atoms with Crippen LogP contribution in [0.25, 0.3) is 0 Å². The molecule has 0 aliphatic carbocycles. The van der Waals surface area contributed by atoms with E-state index in [9.17, 15) is 18.0 Å². The highest BCUT2D eigenvalue weighted by Gasteiger charge is 2.34. The van der Waals surface area contributed by atoms with Crippen LogP contribution in [0, 0.1) is 0 Å². The van der Waals surface area contributed by atoms with Gasteiger partial charge in [-0.3, -0.25) is 13.9 Å². The van der Waals surface area contributed by atoms with Crippen LogP contribution in [0.2, 0.25) is 10.0 Å². The van der Waals surface area contributed by atoms with Gasteiger partial charge in [-0.2, -0.15) is 0 Å². The van der Waals surface area contributed by atoms with Crippen molar-refractivity contribution in [1.82, 2.24) is 10.2 Å². The molecule has 11 heteroatoms. The summed E-state index contributed by atoms with van der Waals surface area (Å²) >= 11 is 12.5. The third kappa shape index (κ3) is 8.63. The molecule has 0 aromatic heterocycles. The van der Waals surface area contributed by atoms with Gasteiger partial charge >= 0.3 is 0 Å². The zero-order chi connectivity index (χ0) is 30.7. The Labute approximate surface area is 258 Å². The predicted molar refractivity (Wildman–Crippen MR) is 168 cm³/mol. The lowest BCUT2D eigenvalue weighted by atomic mass is 10.1. The summed E-state index contributed by atoms with van der Waals surface area (Å²) in [4.78, 5) is 28.8. The Kier molecular flexibility index (Phi) is 12.5. The molecule has 3 aromatic carbocycles. The smallest absolute Gasteiger partial charge is 0.264 e. The van der Waals surface area contributed by atoms with E-state index in [0.717, 1.165) is 17.1 Å². The maximum Gasteiger partial charge on any atom is 0.264 e. The number of carbonyl (C=O) groups is 2. The first-order chi connectivity index (χ1) is 20.1. The molecule has 0 saturated heterocycles. The number of rotatable bonds is 15. The highest BCUT2D eigenvalue weighted by atomic mass is 35.5. The molecule has 2 amide bonds. The monoisotopic (exact) mass is 633 g/mol. The number of nitrogens with zero attached hydrogens (tertiary/aromatic N) is 2. The van der Waals surface area contributed by atoms with Crippen molar-refractivity contribution in [2.45, 2.75) is 57.5 Å². The molecule has 3 aromatic rings. The van der Waals surface area contributed by atoms with Gasteiger partial charge in [-0.05, 0) is 79.9 Å². The molecule has 0 bridgehead atoms. The first kappa shape index (κ1) is 33.2. The number of anilines is 1. The summed E-state index contributed by atoms with van der Waals surface area (Å²) in [5.74, 6) is -0.301. The largest absolute Gasteiger partial charge is 0.494 e. The van der Waals surface area contributed by atoms with Gasteiger partial charge in [0.2, 0.25) is 11.8 Å². The van der Waals surface area contributed by atoms with Gasteiger partial charge < -0.3 is 15.0 Å². The van der Waals surface area contributed by atoms with Crippen LogP contribution in [-0.2, 0) is 26.2 Å². The number of nitrogens with one attached hydrogen (secondary N) is 1. The molecule has 0 fully saturated rings. The van der Waals surface area contributed by atoms with Gasteiger partial charge in [0.25, 0.3) is 10.0 Å². The predicted octanol–water partition coefficient (Wildman–Crippen LogP) is 6.31. The van der Waals surface area contributed by atoms with Crippen LogP contribution in [-0.4, -0.2) is 50.9 Å². The number of sulfonamides is 1. The minimum absolute atomic E-state index is 0.0241. The lowest BCUT2D eigenvalue weighted by Crippen LogP contribution is -2.52. The molecule has 3 rings (SSSR count). The van der Waals surface area contributed by atoms with Crippen molar-refractivity contribution in [3.63, 3.8) is 0 Å². The summed E-state index contributed by atoms with van der Waals surface area (Å²) in [7, 11) is -4.22. The Bertz CT molecular complexity index is 1430. The van der Waals surface area contributed by atoms with Gasteiger partial charge in [0.1, 0.15) is 18.3 Å². The van der Waals surface area contributed by atoms with Crippen LogP contribution in [0.3, 0.4) is 0 Å². The van der Waals surface area contributed by atoms with Crippen molar-refractivity contribution in [2.24, 2.45) is 0 Å². The zero-order valence-corrected chi connectivity index (χ0v) is 26.4. The first-order valence-electron chi connectivity index (χ1n) is 13.9. The van der Waals surface area contributed by atoms with E-state index in [0.29, 0.717) is 40.9 Å². The summed E-state index contributed by atoms with van der Waals surface area (Å²) < 4.78 is 34.5. The molecule has 8 nitrogen and oxygen atoms in total. The second-order valence-corrected chi connectivity index (χ2v) is 12.3. The molecule has 1 atom stereocenters.